The van der Waals surface area contributed by atoms with Gasteiger partial charge in [-0.3, -0.25) is 4.79 Å². The summed E-state index contributed by atoms with van der Waals surface area (Å²) in [6.07, 6.45) is 6.44. The summed E-state index contributed by atoms with van der Waals surface area (Å²) in [5.74, 6) is 0.954. The third-order valence-corrected chi connectivity index (χ3v) is 4.23. The largest absolute Gasteiger partial charge is 0.337 e. The average Bonchev–Trinajstić information content (AvgIpc) is 3.08. The quantitative estimate of drug-likeness (QED) is 0.888. The molecule has 98 valence electrons. The summed E-state index contributed by atoms with van der Waals surface area (Å²) in [4.78, 5) is 13.9. The highest BCUT2D eigenvalue weighted by atomic mass is 32.1. The van der Waals surface area contributed by atoms with Gasteiger partial charge in [-0.05, 0) is 38.1 Å². The molecule has 5 nitrogen and oxygen atoms in total. The van der Waals surface area contributed by atoms with Crippen molar-refractivity contribution in [3.05, 3.63) is 11.9 Å². The maximum absolute atomic E-state index is 12.1. The number of carbonyl (C=O) groups is 1. The van der Waals surface area contributed by atoms with Gasteiger partial charge in [-0.15, -0.1) is 0 Å². The number of nitrogens with one attached hydrogen (secondary N) is 1. The normalized spacial score (nSPS) is 21.2. The Hall–Kier alpha value is -1.01. The third-order valence-electron chi connectivity index (χ3n) is 3.75. The molecule has 0 spiro atoms. The van der Waals surface area contributed by atoms with Crippen LogP contribution in [0.2, 0.25) is 0 Å². The lowest BCUT2D eigenvalue weighted by atomic mass is 10.0. The van der Waals surface area contributed by atoms with Crippen LogP contribution in [0.3, 0.4) is 0 Å². The van der Waals surface area contributed by atoms with Crippen LogP contribution in [0.4, 0.5) is 0 Å². The lowest BCUT2D eigenvalue weighted by Crippen LogP contribution is -2.45. The molecule has 1 N–H and O–H groups in total. The first-order valence-electron chi connectivity index (χ1n) is 6.63. The summed E-state index contributed by atoms with van der Waals surface area (Å²) >= 11 is 1.09. The first-order valence-corrected chi connectivity index (χ1v) is 7.36. The molecule has 2 heterocycles. The number of amides is 1. The van der Waals surface area contributed by atoms with Crippen molar-refractivity contribution in [1.82, 2.24) is 19.0 Å². The first-order chi connectivity index (χ1) is 8.83. The van der Waals surface area contributed by atoms with E-state index in [2.05, 4.69) is 14.1 Å². The Kier molecular flexibility index (Phi) is 3.56. The summed E-state index contributed by atoms with van der Waals surface area (Å²) in [5.41, 5.74) is 0.490. The molecule has 1 saturated heterocycles. The molecule has 1 aromatic rings. The molecule has 0 radical (unpaired) electrons. The van der Waals surface area contributed by atoms with Crippen molar-refractivity contribution in [2.45, 2.75) is 31.7 Å². The Bertz CT molecular complexity index is 396. The van der Waals surface area contributed by atoms with E-state index in [0.717, 1.165) is 50.1 Å². The molecule has 2 fully saturated rings. The van der Waals surface area contributed by atoms with Crippen LogP contribution in [0, 0.1) is 5.92 Å². The molecule has 1 aliphatic heterocycles. The van der Waals surface area contributed by atoms with Gasteiger partial charge in [0.1, 0.15) is 0 Å². The second kappa shape index (κ2) is 5.32. The molecular formula is C12H18N4OS. The van der Waals surface area contributed by atoms with Gasteiger partial charge in [0.25, 0.3) is 5.91 Å². The number of hydrogen-bond acceptors (Lipinski definition) is 5. The summed E-state index contributed by atoms with van der Waals surface area (Å²) in [5, 5.41) is 3.61. The SMILES string of the molecule is O=C(c1cnsn1)N1CCC(NCC2CC2)CC1. The van der Waals surface area contributed by atoms with Crippen LogP contribution in [0.15, 0.2) is 6.20 Å². The zero-order valence-electron chi connectivity index (χ0n) is 10.3. The van der Waals surface area contributed by atoms with E-state index in [1.54, 1.807) is 6.20 Å². The minimum absolute atomic E-state index is 0.0318. The van der Waals surface area contributed by atoms with E-state index >= 15 is 0 Å². The van der Waals surface area contributed by atoms with Gasteiger partial charge in [-0.1, -0.05) is 0 Å². The van der Waals surface area contributed by atoms with Crippen molar-refractivity contribution in [2.24, 2.45) is 5.92 Å². The highest BCUT2D eigenvalue weighted by Crippen LogP contribution is 2.28. The van der Waals surface area contributed by atoms with Crippen LogP contribution >= 0.6 is 11.7 Å². The molecule has 1 amide bonds. The summed E-state index contributed by atoms with van der Waals surface area (Å²) in [6, 6.07) is 0.586. The van der Waals surface area contributed by atoms with Crippen molar-refractivity contribution in [3.8, 4) is 0 Å². The smallest absolute Gasteiger partial charge is 0.275 e. The van der Waals surface area contributed by atoms with Gasteiger partial charge in [-0.2, -0.15) is 8.75 Å². The first kappa shape index (κ1) is 12.0. The number of rotatable bonds is 4. The second-order valence-electron chi connectivity index (χ2n) is 5.21. The van der Waals surface area contributed by atoms with Gasteiger partial charge in [-0.25, -0.2) is 0 Å². The van der Waals surface area contributed by atoms with Crippen LogP contribution in [-0.4, -0.2) is 45.2 Å². The molecule has 0 aromatic carbocycles. The number of hydrogen-bond donors (Lipinski definition) is 1. The van der Waals surface area contributed by atoms with Crippen molar-refractivity contribution < 1.29 is 4.79 Å². The van der Waals surface area contributed by atoms with E-state index in [1.807, 2.05) is 4.90 Å². The van der Waals surface area contributed by atoms with Gasteiger partial charge in [0.2, 0.25) is 0 Å². The summed E-state index contributed by atoms with van der Waals surface area (Å²) in [6.45, 7) is 2.83. The molecule has 0 bridgehead atoms. The van der Waals surface area contributed by atoms with Crippen LogP contribution in [0.1, 0.15) is 36.2 Å². The molecule has 1 aliphatic carbocycles. The van der Waals surface area contributed by atoms with E-state index in [0.29, 0.717) is 11.7 Å². The number of carbonyl (C=O) groups excluding carboxylic acids is 1. The predicted molar refractivity (Wildman–Crippen MR) is 69.6 cm³/mol. The molecule has 2 aliphatic rings. The van der Waals surface area contributed by atoms with E-state index in [4.69, 9.17) is 0 Å². The maximum Gasteiger partial charge on any atom is 0.275 e. The monoisotopic (exact) mass is 266 g/mol. The van der Waals surface area contributed by atoms with Crippen molar-refractivity contribution in [1.29, 1.82) is 0 Å². The molecule has 6 heteroatoms. The van der Waals surface area contributed by atoms with Crippen LogP contribution in [-0.2, 0) is 0 Å². The Morgan fingerprint density at radius 1 is 1.39 bits per heavy atom. The minimum Gasteiger partial charge on any atom is -0.337 e. The zero-order valence-corrected chi connectivity index (χ0v) is 11.2. The number of piperidine rings is 1. The Labute approximate surface area is 111 Å². The fourth-order valence-electron chi connectivity index (χ4n) is 2.36. The summed E-state index contributed by atoms with van der Waals surface area (Å²) < 4.78 is 7.88. The number of likely N-dealkylation sites (tertiary alicyclic amines) is 1. The lowest BCUT2D eigenvalue weighted by molar-refractivity contribution is 0.0700. The highest BCUT2D eigenvalue weighted by molar-refractivity contribution is 6.99. The van der Waals surface area contributed by atoms with E-state index in [1.165, 1.54) is 12.8 Å². The van der Waals surface area contributed by atoms with Crippen molar-refractivity contribution in [3.63, 3.8) is 0 Å². The van der Waals surface area contributed by atoms with Crippen LogP contribution < -0.4 is 5.32 Å². The topological polar surface area (TPSA) is 58.1 Å². The molecule has 0 atom stereocenters. The Balaban J connectivity index is 1.45. The standard InChI is InChI=1S/C12H18N4OS/c17-12(11-8-14-18-15-11)16-5-3-10(4-6-16)13-7-9-1-2-9/h8-10,13H,1-7H2. The predicted octanol–water partition coefficient (Wildman–Crippen LogP) is 1.14. The van der Waals surface area contributed by atoms with Crippen LogP contribution in [0.25, 0.3) is 0 Å². The highest BCUT2D eigenvalue weighted by Gasteiger charge is 2.26. The Morgan fingerprint density at radius 2 is 2.17 bits per heavy atom. The summed E-state index contributed by atoms with van der Waals surface area (Å²) in [7, 11) is 0. The zero-order chi connectivity index (χ0) is 12.4. The molecule has 3 rings (SSSR count). The lowest BCUT2D eigenvalue weighted by Gasteiger charge is -2.32. The van der Waals surface area contributed by atoms with Gasteiger partial charge in [0, 0.05) is 19.1 Å². The van der Waals surface area contributed by atoms with E-state index in [9.17, 15) is 4.79 Å². The molecule has 18 heavy (non-hydrogen) atoms. The van der Waals surface area contributed by atoms with Gasteiger partial charge >= 0.3 is 0 Å². The van der Waals surface area contributed by atoms with Gasteiger partial charge in [0.05, 0.1) is 17.9 Å². The van der Waals surface area contributed by atoms with E-state index in [-0.39, 0.29) is 5.91 Å². The second-order valence-corrected chi connectivity index (χ2v) is 5.77. The average molecular weight is 266 g/mol. The molecular weight excluding hydrogens is 248 g/mol. The fraction of sp³-hybridized carbons (Fsp3) is 0.750. The van der Waals surface area contributed by atoms with Gasteiger partial charge in [0.15, 0.2) is 5.69 Å². The van der Waals surface area contributed by atoms with Gasteiger partial charge < -0.3 is 10.2 Å². The maximum atomic E-state index is 12.1. The Morgan fingerprint density at radius 3 is 2.78 bits per heavy atom. The fourth-order valence-corrected chi connectivity index (χ4v) is 2.77. The molecule has 1 saturated carbocycles. The van der Waals surface area contributed by atoms with E-state index < -0.39 is 0 Å². The minimum atomic E-state index is 0.0318. The number of aromatic nitrogens is 2. The number of nitrogens with zero attached hydrogens (tertiary/aromatic N) is 3. The third kappa shape index (κ3) is 2.87. The van der Waals surface area contributed by atoms with Crippen molar-refractivity contribution in [2.75, 3.05) is 19.6 Å². The van der Waals surface area contributed by atoms with Crippen LogP contribution in [0.5, 0.6) is 0 Å². The molecule has 1 aromatic heterocycles. The molecule has 0 unspecified atom stereocenters. The van der Waals surface area contributed by atoms with Crippen molar-refractivity contribution >= 4 is 17.6 Å².